The van der Waals surface area contributed by atoms with Crippen molar-refractivity contribution >= 4 is 6.21 Å². The molecule has 0 amide bonds. The quantitative estimate of drug-likeness (QED) is 0.430. The van der Waals surface area contributed by atoms with Gasteiger partial charge in [0, 0.05) is 84.0 Å². The third-order valence-electron chi connectivity index (χ3n) is 2.66. The molecule has 0 N–H and O–H groups in total. The predicted molar refractivity (Wildman–Crippen MR) is 59.0 cm³/mol. The fourth-order valence-corrected chi connectivity index (χ4v) is 1.67. The maximum atomic E-state index is 4.53. The zero-order valence-electron chi connectivity index (χ0n) is 10.2. The Hall–Kier alpha value is 1.28. The summed E-state index contributed by atoms with van der Waals surface area (Å²) in [6, 6.07) is 2.30. The number of aromatic nitrogens is 2. The monoisotopic (exact) mass is 518 g/mol. The fraction of sp³-hybridized carbons (Fsp3) is 0.545. The second-order valence-corrected chi connectivity index (χ2v) is 3.89. The molecule has 0 saturated carbocycles. The molecule has 85 valence electrons. The minimum absolute atomic E-state index is 0. The Kier molecular flexibility index (Phi) is 10.9. The Morgan fingerprint density at radius 1 is 1.47 bits per heavy atom. The van der Waals surface area contributed by atoms with Crippen molar-refractivity contribution in [1.29, 1.82) is 0 Å². The minimum Gasteiger partial charge on any atom is -0.374 e. The van der Waals surface area contributed by atoms with Gasteiger partial charge in [0.2, 0.25) is 0 Å². The van der Waals surface area contributed by atoms with E-state index >= 15 is 0 Å². The normalized spacial score (nSPS) is 17.5. The van der Waals surface area contributed by atoms with Gasteiger partial charge < -0.3 is 19.9 Å². The predicted octanol–water partition coefficient (Wildman–Crippen LogP) is 0.787. The number of likely N-dealkylation sites (tertiary alicyclic amines) is 1. The molecule has 1 aromatic rings. The molecule has 1 aliphatic rings. The molecule has 0 atom stereocenters. The molecule has 1 fully saturated rings. The summed E-state index contributed by atoms with van der Waals surface area (Å²) in [5.74, 6) is 0. The van der Waals surface area contributed by atoms with Gasteiger partial charge in [0.1, 0.15) is 0 Å². The largest absolute Gasteiger partial charge is 0.374 e. The van der Waals surface area contributed by atoms with Crippen LogP contribution >= 0.6 is 0 Å². The average molecular weight is 518 g/mol. The number of rotatable bonds is 2. The van der Waals surface area contributed by atoms with Crippen molar-refractivity contribution in [3.05, 3.63) is 24.3 Å². The Morgan fingerprint density at radius 3 is 2.76 bits per heavy atom. The Bertz CT molecular complexity index is 326. The van der Waals surface area contributed by atoms with Crippen LogP contribution in [-0.4, -0.2) is 47.3 Å². The summed E-state index contributed by atoms with van der Waals surface area (Å²) in [5.41, 5.74) is 0.837. The molecular weight excluding hydrogens is 503 g/mol. The molecule has 3 radical (unpaired) electrons. The number of aliphatic imine (C=N–C) groups is 1. The van der Waals surface area contributed by atoms with Crippen molar-refractivity contribution in [3.8, 4) is 0 Å². The molecule has 0 aromatic carbocycles. The van der Waals surface area contributed by atoms with Gasteiger partial charge in [-0.2, -0.15) is 0 Å². The minimum atomic E-state index is 0. The summed E-state index contributed by atoms with van der Waals surface area (Å²) in [7, 11) is 2.15. The second-order valence-electron chi connectivity index (χ2n) is 3.89. The molecule has 0 spiro atoms. The third-order valence-corrected chi connectivity index (χ3v) is 2.66. The van der Waals surface area contributed by atoms with Crippen molar-refractivity contribution in [3.63, 3.8) is 0 Å². The van der Waals surface area contributed by atoms with Gasteiger partial charge >= 0.3 is 0 Å². The van der Waals surface area contributed by atoms with Crippen LogP contribution in [0.3, 0.4) is 0 Å². The summed E-state index contributed by atoms with van der Waals surface area (Å²) in [4.78, 5) is 14.6. The number of piperidine rings is 1. The van der Waals surface area contributed by atoms with Gasteiger partial charge in [0.05, 0.1) is 6.04 Å². The van der Waals surface area contributed by atoms with Crippen molar-refractivity contribution < 1.29 is 77.7 Å². The zero-order chi connectivity index (χ0) is 10.5. The molecule has 1 saturated heterocycles. The van der Waals surface area contributed by atoms with Crippen LogP contribution in [0.25, 0.3) is 0 Å². The molecule has 1 aromatic heterocycles. The molecule has 4 nitrogen and oxygen atoms in total. The van der Waals surface area contributed by atoms with E-state index in [9.17, 15) is 0 Å². The van der Waals surface area contributed by atoms with E-state index in [1.54, 1.807) is 6.20 Å². The molecular formula is C11H15N4RaY-. The van der Waals surface area contributed by atoms with E-state index in [1.165, 1.54) is 0 Å². The molecule has 0 bridgehead atoms. The number of hydrogen-bond donors (Lipinski definition) is 0. The van der Waals surface area contributed by atoms with Gasteiger partial charge in [-0.3, -0.25) is 0 Å². The van der Waals surface area contributed by atoms with Gasteiger partial charge in [-0.25, -0.2) is 0 Å². The molecule has 0 aliphatic carbocycles. The Labute approximate surface area is 164 Å². The second kappa shape index (κ2) is 10.1. The average Bonchev–Trinajstić information content (AvgIpc) is 2.30. The molecule has 6 heteroatoms. The van der Waals surface area contributed by atoms with Crippen molar-refractivity contribution in [2.24, 2.45) is 4.99 Å². The molecule has 1 aliphatic heterocycles. The maximum absolute atomic E-state index is 4.53. The fourth-order valence-electron chi connectivity index (χ4n) is 1.67. The van der Waals surface area contributed by atoms with Crippen LogP contribution < -0.4 is 0 Å². The first-order valence-electron chi connectivity index (χ1n) is 5.25. The topological polar surface area (TPSA) is 41.4 Å². The molecule has 2 rings (SSSR count). The van der Waals surface area contributed by atoms with E-state index in [0.29, 0.717) is 6.04 Å². The van der Waals surface area contributed by atoms with Gasteiger partial charge in [-0.05, 0) is 44.9 Å². The van der Waals surface area contributed by atoms with Crippen LogP contribution in [0.2, 0.25) is 0 Å². The summed E-state index contributed by atoms with van der Waals surface area (Å²) < 4.78 is 0. The van der Waals surface area contributed by atoms with E-state index in [4.69, 9.17) is 0 Å². The van der Waals surface area contributed by atoms with Gasteiger partial charge in [-0.1, -0.05) is 6.20 Å². The molecule has 2 heterocycles. The SMILES string of the molecule is CN1CCC(N=Cc2ccn[c-]n2)CC1.[Ra].[Y]. The Morgan fingerprint density at radius 2 is 2.18 bits per heavy atom. The van der Waals surface area contributed by atoms with Crippen LogP contribution in [0.1, 0.15) is 18.5 Å². The summed E-state index contributed by atoms with van der Waals surface area (Å²) in [6.07, 6.45) is 8.35. The number of hydrogen-bond acceptors (Lipinski definition) is 4. The van der Waals surface area contributed by atoms with Crippen LogP contribution in [-0.2, 0) is 32.7 Å². The van der Waals surface area contributed by atoms with E-state index in [2.05, 4.69) is 33.2 Å². The van der Waals surface area contributed by atoms with Crippen LogP contribution in [0.5, 0.6) is 0 Å². The Balaban J connectivity index is 0.00000128. The zero-order valence-corrected chi connectivity index (χ0v) is 18.9. The van der Waals surface area contributed by atoms with Crippen molar-refractivity contribution in [1.82, 2.24) is 14.9 Å². The smallest absolute Gasteiger partial charge is 0.0512 e. The van der Waals surface area contributed by atoms with E-state index in [0.717, 1.165) is 31.6 Å². The first-order chi connectivity index (χ1) is 7.34. The molecule has 0 unspecified atom stereocenters. The number of nitrogens with zero attached hydrogens (tertiary/aromatic N) is 4. The van der Waals surface area contributed by atoms with Crippen LogP contribution in [0, 0.1) is 51.3 Å². The summed E-state index contributed by atoms with van der Waals surface area (Å²) in [6.45, 7) is 2.27. The van der Waals surface area contributed by atoms with Crippen LogP contribution in [0.4, 0.5) is 0 Å². The van der Waals surface area contributed by atoms with E-state index in [-0.39, 0.29) is 77.7 Å². The van der Waals surface area contributed by atoms with E-state index < -0.39 is 0 Å². The first kappa shape index (κ1) is 18.3. The summed E-state index contributed by atoms with van der Waals surface area (Å²) >= 11 is 0. The van der Waals surface area contributed by atoms with Crippen molar-refractivity contribution in [2.75, 3.05) is 20.1 Å². The standard InChI is InChI=1S/C11H15N4.Ra.Y/c1-15-6-3-10(4-7-15)13-8-11-2-5-12-9-14-11;;/h2,5,8,10H,3-4,6-7H2,1H3;;/q-1;;. The third kappa shape index (κ3) is 6.84. The maximum Gasteiger partial charge on any atom is 0.0512 e. The van der Waals surface area contributed by atoms with E-state index in [1.807, 2.05) is 12.3 Å². The van der Waals surface area contributed by atoms with Crippen molar-refractivity contribution in [2.45, 2.75) is 18.9 Å². The van der Waals surface area contributed by atoms with Crippen LogP contribution in [0.15, 0.2) is 17.3 Å². The molecule has 17 heavy (non-hydrogen) atoms. The van der Waals surface area contributed by atoms with Gasteiger partial charge in [0.15, 0.2) is 0 Å². The van der Waals surface area contributed by atoms with Gasteiger partial charge in [-0.15, -0.1) is 6.07 Å². The first-order valence-corrected chi connectivity index (χ1v) is 5.25. The summed E-state index contributed by atoms with van der Waals surface area (Å²) in [5, 5.41) is 0. The van der Waals surface area contributed by atoms with Gasteiger partial charge in [0.25, 0.3) is 0 Å².